The lowest BCUT2D eigenvalue weighted by molar-refractivity contribution is -0.121. The van der Waals surface area contributed by atoms with E-state index in [1.807, 2.05) is 30.3 Å². The number of nitrogens with zero attached hydrogens (tertiary/aromatic N) is 2. The number of amides is 3. The third-order valence-corrected chi connectivity index (χ3v) is 3.93. The molecule has 1 N–H and O–H groups in total. The monoisotopic (exact) mass is 327 g/mol. The van der Waals surface area contributed by atoms with E-state index in [1.165, 1.54) is 11.0 Å². The summed E-state index contributed by atoms with van der Waals surface area (Å²) in [6, 6.07) is 15.4. The van der Waals surface area contributed by atoms with Crippen LogP contribution in [-0.2, 0) is 11.3 Å². The highest BCUT2D eigenvalue weighted by molar-refractivity contribution is 5.96. The summed E-state index contributed by atoms with van der Waals surface area (Å²) in [4.78, 5) is 27.5. The van der Waals surface area contributed by atoms with E-state index in [4.69, 9.17) is 0 Å². The van der Waals surface area contributed by atoms with Gasteiger partial charge in [0.25, 0.3) is 0 Å². The van der Waals surface area contributed by atoms with E-state index in [0.717, 1.165) is 5.69 Å². The van der Waals surface area contributed by atoms with Crippen molar-refractivity contribution in [1.29, 1.82) is 0 Å². The van der Waals surface area contributed by atoms with Gasteiger partial charge in [0.1, 0.15) is 12.4 Å². The van der Waals surface area contributed by atoms with E-state index in [-0.39, 0.29) is 30.8 Å². The van der Waals surface area contributed by atoms with Crippen molar-refractivity contribution in [2.24, 2.45) is 0 Å². The fraction of sp³-hybridized carbons (Fsp3) is 0.222. The van der Waals surface area contributed by atoms with Crippen molar-refractivity contribution in [3.8, 4) is 0 Å². The summed E-state index contributed by atoms with van der Waals surface area (Å²) in [7, 11) is 0. The fourth-order valence-electron chi connectivity index (χ4n) is 2.64. The van der Waals surface area contributed by atoms with Crippen LogP contribution >= 0.6 is 0 Å². The van der Waals surface area contributed by atoms with Gasteiger partial charge in [0.15, 0.2) is 0 Å². The minimum absolute atomic E-state index is 0.0311. The van der Waals surface area contributed by atoms with Gasteiger partial charge in [-0.2, -0.15) is 0 Å². The van der Waals surface area contributed by atoms with Gasteiger partial charge in [0.2, 0.25) is 5.91 Å². The first-order valence-electron chi connectivity index (χ1n) is 7.77. The lowest BCUT2D eigenvalue weighted by atomic mass is 10.2. The van der Waals surface area contributed by atoms with E-state index in [9.17, 15) is 14.0 Å². The highest BCUT2D eigenvalue weighted by Crippen LogP contribution is 2.19. The molecule has 1 fully saturated rings. The minimum Gasteiger partial charge on any atom is -0.350 e. The molecule has 1 aliphatic rings. The van der Waals surface area contributed by atoms with Crippen molar-refractivity contribution < 1.29 is 14.0 Å². The van der Waals surface area contributed by atoms with Crippen LogP contribution in [0.15, 0.2) is 54.6 Å². The van der Waals surface area contributed by atoms with Crippen molar-refractivity contribution in [1.82, 2.24) is 10.2 Å². The Morgan fingerprint density at radius 3 is 2.50 bits per heavy atom. The van der Waals surface area contributed by atoms with Gasteiger partial charge in [0, 0.05) is 30.9 Å². The second-order valence-corrected chi connectivity index (χ2v) is 5.56. The standard InChI is InChI=1S/C18H18FN3O2/c19-16-9-5-4-6-14(16)12-20-17(23)13-21-10-11-22(18(21)24)15-7-2-1-3-8-15/h1-9H,10-13H2,(H,20,23). The Morgan fingerprint density at radius 1 is 1.04 bits per heavy atom. The van der Waals surface area contributed by atoms with Crippen LogP contribution in [0.5, 0.6) is 0 Å². The first-order chi connectivity index (χ1) is 11.6. The largest absolute Gasteiger partial charge is 0.350 e. The number of halogens is 1. The molecule has 5 nitrogen and oxygen atoms in total. The zero-order valence-electron chi connectivity index (χ0n) is 13.1. The number of carbonyl (C=O) groups is 2. The molecular weight excluding hydrogens is 309 g/mol. The molecule has 0 atom stereocenters. The van der Waals surface area contributed by atoms with Gasteiger partial charge in [-0.15, -0.1) is 0 Å². The molecule has 3 rings (SSSR count). The average molecular weight is 327 g/mol. The Balaban J connectivity index is 1.54. The maximum absolute atomic E-state index is 13.5. The SMILES string of the molecule is O=C(CN1CCN(c2ccccc2)C1=O)NCc1ccccc1F. The average Bonchev–Trinajstić information content (AvgIpc) is 2.96. The summed E-state index contributed by atoms with van der Waals surface area (Å²) < 4.78 is 13.5. The highest BCUT2D eigenvalue weighted by Gasteiger charge is 2.30. The van der Waals surface area contributed by atoms with Crippen LogP contribution < -0.4 is 10.2 Å². The number of para-hydroxylation sites is 1. The number of nitrogens with one attached hydrogen (secondary N) is 1. The number of hydrogen-bond acceptors (Lipinski definition) is 2. The van der Waals surface area contributed by atoms with Crippen LogP contribution in [0.3, 0.4) is 0 Å². The molecule has 0 saturated carbocycles. The number of benzene rings is 2. The lowest BCUT2D eigenvalue weighted by Crippen LogP contribution is -2.39. The molecule has 0 bridgehead atoms. The molecule has 2 aromatic rings. The fourth-order valence-corrected chi connectivity index (χ4v) is 2.64. The van der Waals surface area contributed by atoms with Gasteiger partial charge >= 0.3 is 6.03 Å². The number of hydrogen-bond donors (Lipinski definition) is 1. The van der Waals surface area contributed by atoms with Crippen molar-refractivity contribution in [3.05, 3.63) is 66.0 Å². The van der Waals surface area contributed by atoms with Crippen LogP contribution in [0.2, 0.25) is 0 Å². The summed E-state index contributed by atoms with van der Waals surface area (Å²) >= 11 is 0. The molecular formula is C18H18FN3O2. The van der Waals surface area contributed by atoms with Crippen molar-refractivity contribution >= 4 is 17.6 Å². The first-order valence-corrected chi connectivity index (χ1v) is 7.77. The Morgan fingerprint density at radius 2 is 1.75 bits per heavy atom. The maximum Gasteiger partial charge on any atom is 0.325 e. The Bertz CT molecular complexity index is 736. The summed E-state index contributed by atoms with van der Waals surface area (Å²) in [5.41, 5.74) is 1.24. The van der Waals surface area contributed by atoms with E-state index in [1.54, 1.807) is 23.1 Å². The quantitative estimate of drug-likeness (QED) is 0.917. The van der Waals surface area contributed by atoms with Crippen LogP contribution in [0.4, 0.5) is 14.9 Å². The third kappa shape index (κ3) is 3.53. The van der Waals surface area contributed by atoms with Crippen LogP contribution in [0, 0.1) is 5.82 Å². The molecule has 0 aliphatic carbocycles. The Hall–Kier alpha value is -2.89. The number of urea groups is 1. The molecule has 1 aliphatic heterocycles. The predicted molar refractivity (Wildman–Crippen MR) is 89.0 cm³/mol. The van der Waals surface area contributed by atoms with Crippen LogP contribution in [-0.4, -0.2) is 36.5 Å². The normalized spacial score (nSPS) is 14.1. The summed E-state index contributed by atoms with van der Waals surface area (Å²) in [6.07, 6.45) is 0. The van der Waals surface area contributed by atoms with E-state index < -0.39 is 0 Å². The molecule has 6 heteroatoms. The second kappa shape index (κ2) is 7.12. The van der Waals surface area contributed by atoms with Crippen molar-refractivity contribution in [2.75, 3.05) is 24.5 Å². The highest BCUT2D eigenvalue weighted by atomic mass is 19.1. The lowest BCUT2D eigenvalue weighted by Gasteiger charge is -2.18. The molecule has 0 unspecified atom stereocenters. The molecule has 1 saturated heterocycles. The van der Waals surface area contributed by atoms with Crippen LogP contribution in [0.1, 0.15) is 5.56 Å². The molecule has 24 heavy (non-hydrogen) atoms. The maximum atomic E-state index is 13.5. The van der Waals surface area contributed by atoms with Gasteiger partial charge < -0.3 is 10.2 Å². The summed E-state index contributed by atoms with van der Waals surface area (Å²) in [6.45, 7) is 1.11. The van der Waals surface area contributed by atoms with E-state index in [2.05, 4.69) is 5.32 Å². The van der Waals surface area contributed by atoms with Gasteiger partial charge in [-0.25, -0.2) is 9.18 Å². The predicted octanol–water partition coefficient (Wildman–Crippen LogP) is 2.38. The summed E-state index contributed by atoms with van der Waals surface area (Å²) in [5.74, 6) is -0.660. The number of anilines is 1. The van der Waals surface area contributed by atoms with E-state index >= 15 is 0 Å². The van der Waals surface area contributed by atoms with E-state index in [0.29, 0.717) is 18.7 Å². The van der Waals surface area contributed by atoms with Gasteiger partial charge in [0.05, 0.1) is 0 Å². The zero-order chi connectivity index (χ0) is 16.9. The Kier molecular flexibility index (Phi) is 4.74. The van der Waals surface area contributed by atoms with Gasteiger partial charge in [-0.1, -0.05) is 36.4 Å². The Labute approximate surface area is 139 Å². The summed E-state index contributed by atoms with van der Waals surface area (Å²) in [5, 5.41) is 2.65. The molecule has 0 radical (unpaired) electrons. The molecule has 3 amide bonds. The topological polar surface area (TPSA) is 52.7 Å². The minimum atomic E-state index is -0.356. The van der Waals surface area contributed by atoms with Crippen LogP contribution in [0.25, 0.3) is 0 Å². The smallest absolute Gasteiger partial charge is 0.325 e. The molecule has 1 heterocycles. The first kappa shape index (κ1) is 16.0. The number of rotatable bonds is 5. The second-order valence-electron chi connectivity index (χ2n) is 5.56. The number of carbonyl (C=O) groups excluding carboxylic acids is 2. The molecule has 0 spiro atoms. The molecule has 0 aromatic heterocycles. The van der Waals surface area contributed by atoms with Crippen molar-refractivity contribution in [2.45, 2.75) is 6.54 Å². The van der Waals surface area contributed by atoms with Gasteiger partial charge in [-0.05, 0) is 18.2 Å². The third-order valence-electron chi connectivity index (χ3n) is 3.93. The zero-order valence-corrected chi connectivity index (χ0v) is 13.1. The van der Waals surface area contributed by atoms with Gasteiger partial charge in [-0.3, -0.25) is 9.69 Å². The molecule has 2 aromatic carbocycles. The molecule has 124 valence electrons. The van der Waals surface area contributed by atoms with Crippen molar-refractivity contribution in [3.63, 3.8) is 0 Å².